The monoisotopic (exact) mass is 302 g/mol. The van der Waals surface area contributed by atoms with Crippen molar-refractivity contribution in [1.82, 2.24) is 0 Å². The zero-order valence-corrected chi connectivity index (χ0v) is 12.1. The molecule has 0 saturated carbocycles. The summed E-state index contributed by atoms with van der Waals surface area (Å²) in [6, 6.07) is 0. The van der Waals surface area contributed by atoms with Crippen LogP contribution in [0.25, 0.3) is 0 Å². The van der Waals surface area contributed by atoms with Crippen molar-refractivity contribution < 1.29 is 35.1 Å². The number of carboxylic acid groups (broad SMARTS) is 2. The fourth-order valence-electron chi connectivity index (χ4n) is 1.79. The highest BCUT2D eigenvalue weighted by atomic mass is 16.4. The van der Waals surface area contributed by atoms with E-state index in [0.29, 0.717) is 0 Å². The van der Waals surface area contributed by atoms with E-state index in [4.69, 9.17) is 10.2 Å². The number of hydrogen-bond donors (Lipinski definition) is 5. The maximum Gasteiger partial charge on any atom is 0.330 e. The number of aliphatic hydroxyl groups excluding tert-OH is 3. The molecule has 0 aromatic carbocycles. The molecule has 0 aromatic heterocycles. The molecule has 21 heavy (non-hydrogen) atoms. The van der Waals surface area contributed by atoms with E-state index in [9.17, 15) is 24.9 Å². The first-order valence-corrected chi connectivity index (χ1v) is 6.37. The molecule has 0 unspecified atom stereocenters. The Hall–Kier alpha value is -1.70. The maximum absolute atomic E-state index is 10.9. The predicted molar refractivity (Wildman–Crippen MR) is 74.6 cm³/mol. The first-order chi connectivity index (χ1) is 9.71. The third-order valence-electron chi connectivity index (χ3n) is 3.28. The minimum absolute atomic E-state index is 0.0113. The van der Waals surface area contributed by atoms with E-state index in [1.807, 2.05) is 0 Å². The van der Waals surface area contributed by atoms with Gasteiger partial charge in [0, 0.05) is 16.6 Å². The van der Waals surface area contributed by atoms with Gasteiger partial charge >= 0.3 is 11.9 Å². The highest BCUT2D eigenvalue weighted by molar-refractivity contribution is 5.87. The smallest absolute Gasteiger partial charge is 0.330 e. The van der Waals surface area contributed by atoms with Crippen LogP contribution in [0.15, 0.2) is 23.3 Å². The molecule has 0 fully saturated rings. The van der Waals surface area contributed by atoms with E-state index in [1.54, 1.807) is 0 Å². The van der Waals surface area contributed by atoms with Gasteiger partial charge < -0.3 is 25.5 Å². The fraction of sp³-hybridized carbons (Fsp3) is 0.571. The predicted octanol–water partition coefficient (Wildman–Crippen LogP) is 0.0178. The van der Waals surface area contributed by atoms with E-state index >= 15 is 0 Å². The summed E-state index contributed by atoms with van der Waals surface area (Å²) in [4.78, 5) is 21.8. The molecule has 0 aliphatic heterocycles. The molecule has 0 rings (SSSR count). The highest BCUT2D eigenvalue weighted by Crippen LogP contribution is 2.28. The van der Waals surface area contributed by atoms with Gasteiger partial charge in [-0.1, -0.05) is 12.2 Å². The Morgan fingerprint density at radius 1 is 0.905 bits per heavy atom. The zero-order valence-electron chi connectivity index (χ0n) is 12.1. The van der Waals surface area contributed by atoms with Crippen LogP contribution in [0.1, 0.15) is 20.3 Å². The van der Waals surface area contributed by atoms with Crippen molar-refractivity contribution in [2.24, 2.45) is 11.3 Å². The van der Waals surface area contributed by atoms with Crippen LogP contribution in [0.2, 0.25) is 0 Å². The standard InChI is InChI=1S/C14H22O7/c1-9(12(18)19)3-11(4-10(2)13(20)21)5-14(6-15,7-16)8-17/h3-4,11,15-17H,5-8H2,1-2H3,(H,18,19)(H,20,21). The number of hydrogen-bond acceptors (Lipinski definition) is 5. The minimum atomic E-state index is -1.21. The van der Waals surface area contributed by atoms with Gasteiger partial charge in [0.25, 0.3) is 0 Å². The van der Waals surface area contributed by atoms with Crippen LogP contribution in [0.3, 0.4) is 0 Å². The molecule has 0 spiro atoms. The lowest BCUT2D eigenvalue weighted by Crippen LogP contribution is -2.35. The van der Waals surface area contributed by atoms with Gasteiger partial charge in [0.1, 0.15) is 0 Å². The molecule has 0 heterocycles. The van der Waals surface area contributed by atoms with Crippen LogP contribution in [-0.4, -0.2) is 57.3 Å². The molecule has 5 N–H and O–H groups in total. The Morgan fingerprint density at radius 2 is 1.24 bits per heavy atom. The van der Waals surface area contributed by atoms with E-state index < -0.39 is 43.1 Å². The molecule has 120 valence electrons. The first-order valence-electron chi connectivity index (χ1n) is 6.37. The third kappa shape index (κ3) is 6.07. The second kappa shape index (κ2) is 8.56. The SMILES string of the molecule is CC(=CC(C=C(C)C(=O)O)CC(CO)(CO)CO)C(=O)O. The quantitative estimate of drug-likeness (QED) is 0.379. The van der Waals surface area contributed by atoms with Crippen LogP contribution < -0.4 is 0 Å². The molecule has 7 heteroatoms. The van der Waals surface area contributed by atoms with E-state index in [1.165, 1.54) is 26.0 Å². The lowest BCUT2D eigenvalue weighted by Gasteiger charge is -2.30. The summed E-state index contributed by atoms with van der Waals surface area (Å²) in [5, 5.41) is 45.7. The van der Waals surface area contributed by atoms with Crippen molar-refractivity contribution in [3.05, 3.63) is 23.3 Å². The second-order valence-electron chi connectivity index (χ2n) is 5.15. The van der Waals surface area contributed by atoms with Gasteiger partial charge in [-0.05, 0) is 26.2 Å². The Morgan fingerprint density at radius 3 is 1.48 bits per heavy atom. The van der Waals surface area contributed by atoms with Crippen molar-refractivity contribution in [2.75, 3.05) is 19.8 Å². The number of allylic oxidation sites excluding steroid dienone is 2. The van der Waals surface area contributed by atoms with Gasteiger partial charge in [-0.25, -0.2) is 9.59 Å². The summed E-state index contributed by atoms with van der Waals surface area (Å²) in [6.45, 7) is 1.21. The summed E-state index contributed by atoms with van der Waals surface area (Å²) < 4.78 is 0. The molecule has 0 aliphatic carbocycles. The zero-order chi connectivity index (χ0) is 16.6. The van der Waals surface area contributed by atoms with Crippen LogP contribution in [0, 0.1) is 11.3 Å². The summed E-state index contributed by atoms with van der Waals surface area (Å²) in [7, 11) is 0. The molecular weight excluding hydrogens is 280 g/mol. The second-order valence-corrected chi connectivity index (χ2v) is 5.15. The summed E-state index contributed by atoms with van der Waals surface area (Å²) in [5.41, 5.74) is -1.19. The van der Waals surface area contributed by atoms with Crippen molar-refractivity contribution >= 4 is 11.9 Å². The molecule has 0 aliphatic rings. The third-order valence-corrected chi connectivity index (χ3v) is 3.28. The van der Waals surface area contributed by atoms with Gasteiger partial charge in [-0.15, -0.1) is 0 Å². The molecule has 0 aromatic rings. The van der Waals surface area contributed by atoms with Crippen molar-refractivity contribution in [2.45, 2.75) is 20.3 Å². The molecular formula is C14H22O7. The van der Waals surface area contributed by atoms with Gasteiger partial charge in [0.15, 0.2) is 0 Å². The van der Waals surface area contributed by atoms with Crippen molar-refractivity contribution in [3.63, 3.8) is 0 Å². The van der Waals surface area contributed by atoms with Gasteiger partial charge in [0.05, 0.1) is 19.8 Å². The van der Waals surface area contributed by atoms with Crippen LogP contribution >= 0.6 is 0 Å². The summed E-state index contributed by atoms with van der Waals surface area (Å²) >= 11 is 0. The minimum Gasteiger partial charge on any atom is -0.478 e. The number of carboxylic acids is 2. The van der Waals surface area contributed by atoms with E-state index in [0.717, 1.165) is 0 Å². The molecule has 0 bridgehead atoms. The molecule has 0 saturated heterocycles. The number of aliphatic hydroxyl groups is 3. The highest BCUT2D eigenvalue weighted by Gasteiger charge is 2.30. The topological polar surface area (TPSA) is 135 Å². The first kappa shape index (κ1) is 19.3. The average Bonchev–Trinajstić information content (AvgIpc) is 2.44. The molecule has 0 atom stereocenters. The summed E-state index contributed by atoms with van der Waals surface area (Å²) in [5.74, 6) is -2.95. The molecule has 7 nitrogen and oxygen atoms in total. The normalized spacial score (nSPS) is 14.9. The van der Waals surface area contributed by atoms with Crippen LogP contribution in [-0.2, 0) is 9.59 Å². The van der Waals surface area contributed by atoms with E-state index in [-0.39, 0.29) is 17.6 Å². The number of rotatable bonds is 9. The molecule has 0 radical (unpaired) electrons. The summed E-state index contributed by atoms with van der Waals surface area (Å²) in [6.07, 6.45) is 2.70. The number of aliphatic carboxylic acids is 2. The lowest BCUT2D eigenvalue weighted by molar-refractivity contribution is -0.133. The Bertz CT molecular complexity index is 394. The average molecular weight is 302 g/mol. The lowest BCUT2D eigenvalue weighted by atomic mass is 9.80. The van der Waals surface area contributed by atoms with Crippen molar-refractivity contribution in [1.29, 1.82) is 0 Å². The molecule has 0 amide bonds. The van der Waals surface area contributed by atoms with Crippen molar-refractivity contribution in [3.8, 4) is 0 Å². The number of carbonyl (C=O) groups is 2. The van der Waals surface area contributed by atoms with E-state index in [2.05, 4.69) is 0 Å². The Kier molecular flexibility index (Phi) is 7.86. The maximum atomic E-state index is 10.9. The Balaban J connectivity index is 5.52. The van der Waals surface area contributed by atoms with Crippen LogP contribution in [0.4, 0.5) is 0 Å². The van der Waals surface area contributed by atoms with Gasteiger partial charge in [-0.3, -0.25) is 0 Å². The fourth-order valence-corrected chi connectivity index (χ4v) is 1.79. The largest absolute Gasteiger partial charge is 0.478 e. The van der Waals surface area contributed by atoms with Crippen LogP contribution in [0.5, 0.6) is 0 Å². The van der Waals surface area contributed by atoms with Gasteiger partial charge in [0.2, 0.25) is 0 Å². The van der Waals surface area contributed by atoms with Gasteiger partial charge in [-0.2, -0.15) is 0 Å². The Labute approximate surface area is 122 Å².